The second-order valence-corrected chi connectivity index (χ2v) is 10.6. The molecule has 2 bridgehead atoms. The molecule has 0 saturated carbocycles. The first-order valence-electron chi connectivity index (χ1n) is 10.7. The second kappa shape index (κ2) is 9.09. The maximum absolute atomic E-state index is 13.7. The van der Waals surface area contributed by atoms with Crippen molar-refractivity contribution in [1.82, 2.24) is 9.62 Å². The van der Waals surface area contributed by atoms with Gasteiger partial charge in [-0.1, -0.05) is 17.7 Å². The van der Waals surface area contributed by atoms with Gasteiger partial charge in [-0.15, -0.1) is 0 Å². The molecule has 2 heterocycles. The van der Waals surface area contributed by atoms with Crippen LogP contribution in [0, 0.1) is 12.7 Å². The Kier molecular flexibility index (Phi) is 6.54. The van der Waals surface area contributed by atoms with E-state index in [1.165, 1.54) is 41.6 Å². The Hall–Kier alpha value is -2.40. The molecular formula is C22H26ClFN4O4S. The van der Waals surface area contributed by atoms with Crippen LogP contribution in [0.15, 0.2) is 35.2 Å². The molecule has 2 aliphatic heterocycles. The van der Waals surface area contributed by atoms with Gasteiger partial charge in [0.25, 0.3) is 0 Å². The van der Waals surface area contributed by atoms with Gasteiger partial charge in [-0.2, -0.15) is 4.31 Å². The predicted molar refractivity (Wildman–Crippen MR) is 125 cm³/mol. The SMILES string of the molecule is CNC1C[C@H]2CC[C@@H](C1)N2S(=O)(=O)c1c(Cl)ccc(NC(=O)Nc2cccc(F)c2C)c1O. The average Bonchev–Trinajstić information content (AvgIpc) is 3.05. The Bertz CT molecular complexity index is 1180. The number of benzene rings is 2. The normalized spacial score (nSPS) is 22.8. The largest absolute Gasteiger partial charge is 0.504 e. The topological polar surface area (TPSA) is 111 Å². The number of halogens is 2. The lowest BCUT2D eigenvalue weighted by molar-refractivity contribution is 0.212. The molecule has 0 aliphatic carbocycles. The number of hydrogen-bond donors (Lipinski definition) is 4. The number of phenols is 1. The number of hydrogen-bond acceptors (Lipinski definition) is 5. The first-order chi connectivity index (χ1) is 15.6. The van der Waals surface area contributed by atoms with E-state index >= 15 is 0 Å². The summed E-state index contributed by atoms with van der Waals surface area (Å²) in [5.41, 5.74) is 0.372. The van der Waals surface area contributed by atoms with Crippen LogP contribution in [0.3, 0.4) is 0 Å². The molecule has 3 atom stereocenters. The van der Waals surface area contributed by atoms with Crippen molar-refractivity contribution in [2.75, 3.05) is 17.7 Å². The number of nitrogens with one attached hydrogen (secondary N) is 3. The number of sulfonamides is 1. The third-order valence-electron chi connectivity index (χ3n) is 6.46. The number of aromatic hydroxyl groups is 1. The molecule has 2 saturated heterocycles. The van der Waals surface area contributed by atoms with Crippen molar-refractivity contribution in [3.8, 4) is 5.75 Å². The summed E-state index contributed by atoms with van der Waals surface area (Å²) in [6.07, 6.45) is 2.84. The number of urea groups is 1. The number of carbonyl (C=O) groups excluding carboxylic acids is 1. The fourth-order valence-electron chi connectivity index (χ4n) is 4.78. The van der Waals surface area contributed by atoms with Crippen molar-refractivity contribution in [1.29, 1.82) is 0 Å². The van der Waals surface area contributed by atoms with Crippen LogP contribution in [0.1, 0.15) is 31.2 Å². The molecule has 0 spiro atoms. The van der Waals surface area contributed by atoms with Crippen molar-refractivity contribution in [2.45, 2.75) is 55.6 Å². The van der Waals surface area contributed by atoms with E-state index in [0.29, 0.717) is 12.8 Å². The van der Waals surface area contributed by atoms with Crippen LogP contribution in [0.4, 0.5) is 20.6 Å². The summed E-state index contributed by atoms with van der Waals surface area (Å²) in [5.74, 6) is -1.11. The maximum Gasteiger partial charge on any atom is 0.323 e. The predicted octanol–water partition coefficient (Wildman–Crippen LogP) is 4.04. The number of fused-ring (bicyclic) bond motifs is 2. The number of phenolic OH excluding ortho intramolecular Hbond substituents is 1. The van der Waals surface area contributed by atoms with Crippen molar-refractivity contribution < 1.29 is 22.7 Å². The van der Waals surface area contributed by atoms with E-state index in [2.05, 4.69) is 16.0 Å². The number of anilines is 2. The molecule has 2 aliphatic rings. The van der Waals surface area contributed by atoms with Gasteiger partial charge in [-0.3, -0.25) is 0 Å². The van der Waals surface area contributed by atoms with Crippen LogP contribution in [0.2, 0.25) is 5.02 Å². The summed E-state index contributed by atoms with van der Waals surface area (Å²) in [4.78, 5) is 12.0. The van der Waals surface area contributed by atoms with Crippen LogP contribution in [0.25, 0.3) is 0 Å². The van der Waals surface area contributed by atoms with E-state index in [1.807, 2.05) is 7.05 Å². The summed E-state index contributed by atoms with van der Waals surface area (Å²) in [5, 5.41) is 18.9. The fraction of sp³-hybridized carbons (Fsp3) is 0.409. The lowest BCUT2D eigenvalue weighted by atomic mass is 10.0. The smallest absolute Gasteiger partial charge is 0.323 e. The molecule has 33 heavy (non-hydrogen) atoms. The van der Waals surface area contributed by atoms with Gasteiger partial charge in [0.05, 0.1) is 10.7 Å². The molecule has 0 aromatic heterocycles. The van der Waals surface area contributed by atoms with E-state index in [4.69, 9.17) is 11.6 Å². The minimum atomic E-state index is -4.12. The van der Waals surface area contributed by atoms with Gasteiger partial charge in [0.15, 0.2) is 5.75 Å². The highest BCUT2D eigenvalue weighted by Crippen LogP contribution is 2.45. The van der Waals surface area contributed by atoms with Crippen LogP contribution >= 0.6 is 11.6 Å². The highest BCUT2D eigenvalue weighted by molar-refractivity contribution is 7.89. The van der Waals surface area contributed by atoms with E-state index in [1.54, 1.807) is 0 Å². The first kappa shape index (κ1) is 23.7. The third-order valence-corrected chi connectivity index (χ3v) is 8.96. The van der Waals surface area contributed by atoms with Crippen LogP contribution in [0.5, 0.6) is 5.75 Å². The average molecular weight is 497 g/mol. The van der Waals surface area contributed by atoms with Gasteiger partial charge in [0.1, 0.15) is 10.7 Å². The van der Waals surface area contributed by atoms with E-state index in [-0.39, 0.29) is 40.1 Å². The van der Waals surface area contributed by atoms with Gasteiger partial charge in [0.2, 0.25) is 10.0 Å². The van der Waals surface area contributed by atoms with Crippen molar-refractivity contribution in [3.63, 3.8) is 0 Å². The van der Waals surface area contributed by atoms with Gasteiger partial charge >= 0.3 is 6.03 Å². The number of nitrogens with zero attached hydrogens (tertiary/aromatic N) is 1. The van der Waals surface area contributed by atoms with Gasteiger partial charge < -0.3 is 21.1 Å². The van der Waals surface area contributed by atoms with Crippen molar-refractivity contribution >= 4 is 39.0 Å². The summed E-state index contributed by atoms with van der Waals surface area (Å²) < 4.78 is 42.4. The Labute approximate surface area is 197 Å². The zero-order valence-corrected chi connectivity index (χ0v) is 19.8. The molecule has 11 heteroatoms. The summed E-state index contributed by atoms with van der Waals surface area (Å²) >= 11 is 6.23. The van der Waals surface area contributed by atoms with Crippen molar-refractivity contribution in [3.05, 3.63) is 46.7 Å². The molecule has 1 unspecified atom stereocenters. The first-order valence-corrected chi connectivity index (χ1v) is 12.5. The Morgan fingerprint density at radius 1 is 1.12 bits per heavy atom. The van der Waals surface area contributed by atoms with E-state index < -0.39 is 32.5 Å². The Morgan fingerprint density at radius 3 is 2.39 bits per heavy atom. The standard InChI is InChI=1S/C22H26ClFN4O4S/c1-12-17(24)4-3-5-18(12)26-22(30)27-19-9-8-16(23)21(20(19)29)33(31,32)28-14-6-7-15(28)11-13(10-14)25-2/h3-5,8-9,13-15,25,29H,6-7,10-11H2,1-2H3,(H2,26,27,30)/t13?,14-,15+. The number of piperidine rings is 1. The minimum absolute atomic E-state index is 0.123. The van der Waals surface area contributed by atoms with Crippen LogP contribution in [-0.2, 0) is 10.0 Å². The quantitative estimate of drug-likeness (QED) is 0.467. The molecular weight excluding hydrogens is 471 g/mol. The number of rotatable bonds is 5. The molecule has 4 N–H and O–H groups in total. The summed E-state index contributed by atoms with van der Waals surface area (Å²) in [6, 6.07) is 5.99. The van der Waals surface area contributed by atoms with Crippen molar-refractivity contribution in [2.24, 2.45) is 0 Å². The molecule has 2 aromatic rings. The maximum atomic E-state index is 13.7. The number of amides is 2. The number of carbonyl (C=O) groups is 1. The molecule has 2 aromatic carbocycles. The summed E-state index contributed by atoms with van der Waals surface area (Å²) in [7, 11) is -2.25. The second-order valence-electron chi connectivity index (χ2n) is 8.44. The zero-order chi connectivity index (χ0) is 23.9. The van der Waals surface area contributed by atoms with E-state index in [0.717, 1.165) is 12.8 Å². The van der Waals surface area contributed by atoms with Crippen LogP contribution in [-0.4, -0.2) is 49.0 Å². The minimum Gasteiger partial charge on any atom is -0.504 e. The molecule has 178 valence electrons. The molecule has 0 radical (unpaired) electrons. The molecule has 2 amide bonds. The van der Waals surface area contributed by atoms with Gasteiger partial charge in [0, 0.05) is 29.4 Å². The third kappa shape index (κ3) is 4.40. The lowest BCUT2D eigenvalue weighted by Crippen LogP contribution is -2.50. The monoisotopic (exact) mass is 496 g/mol. The highest BCUT2D eigenvalue weighted by Gasteiger charge is 2.48. The van der Waals surface area contributed by atoms with Gasteiger partial charge in [-0.05, 0) is 63.9 Å². The molecule has 4 rings (SSSR count). The highest BCUT2D eigenvalue weighted by atomic mass is 35.5. The fourth-order valence-corrected chi connectivity index (χ4v) is 7.27. The molecule has 2 fully saturated rings. The van der Waals surface area contributed by atoms with E-state index in [9.17, 15) is 22.7 Å². The molecule has 8 nitrogen and oxygen atoms in total. The Balaban J connectivity index is 1.61. The Morgan fingerprint density at radius 2 is 1.76 bits per heavy atom. The zero-order valence-electron chi connectivity index (χ0n) is 18.2. The van der Waals surface area contributed by atoms with Crippen LogP contribution < -0.4 is 16.0 Å². The summed E-state index contributed by atoms with van der Waals surface area (Å²) in [6.45, 7) is 1.51. The van der Waals surface area contributed by atoms with Gasteiger partial charge in [-0.25, -0.2) is 17.6 Å². The lowest BCUT2D eigenvalue weighted by Gasteiger charge is -2.38.